The van der Waals surface area contributed by atoms with E-state index in [4.69, 9.17) is 9.47 Å². The van der Waals surface area contributed by atoms with Crippen LogP contribution >= 0.6 is 0 Å². The zero-order valence-electron chi connectivity index (χ0n) is 13.4. The highest BCUT2D eigenvalue weighted by Crippen LogP contribution is 2.14. The van der Waals surface area contributed by atoms with E-state index in [0.29, 0.717) is 6.10 Å². The van der Waals surface area contributed by atoms with Crippen molar-refractivity contribution in [3.8, 4) is 0 Å². The number of rotatable bonds is 5. The lowest BCUT2D eigenvalue weighted by Gasteiger charge is -2.34. The van der Waals surface area contributed by atoms with E-state index >= 15 is 0 Å². The van der Waals surface area contributed by atoms with Gasteiger partial charge in [0.05, 0.1) is 19.3 Å². The number of ether oxygens (including phenoxy) is 2. The largest absolute Gasteiger partial charge is 0.378 e. The van der Waals surface area contributed by atoms with Crippen LogP contribution in [0, 0.1) is 0 Å². The molecule has 0 unspecified atom stereocenters. The highest BCUT2D eigenvalue weighted by molar-refractivity contribution is 5.79. The molecule has 0 bridgehead atoms. The van der Waals surface area contributed by atoms with Crippen molar-refractivity contribution in [2.24, 2.45) is 4.99 Å². The summed E-state index contributed by atoms with van der Waals surface area (Å²) in [4.78, 5) is 6.75. The van der Waals surface area contributed by atoms with E-state index in [0.717, 1.165) is 71.1 Å². The molecule has 2 aliphatic rings. The second-order valence-electron chi connectivity index (χ2n) is 5.55. The van der Waals surface area contributed by atoms with Crippen molar-refractivity contribution in [1.82, 2.24) is 10.2 Å². The maximum absolute atomic E-state index is 5.70. The van der Waals surface area contributed by atoms with E-state index in [1.807, 2.05) is 7.05 Å². The van der Waals surface area contributed by atoms with Gasteiger partial charge < -0.3 is 19.7 Å². The monoisotopic (exact) mass is 295 g/mol. The summed E-state index contributed by atoms with van der Waals surface area (Å²) in [5, 5.41) is 3.49. The summed E-state index contributed by atoms with van der Waals surface area (Å²) in [6.07, 6.45) is 6.98. The van der Waals surface area contributed by atoms with Gasteiger partial charge in [-0.2, -0.15) is 0 Å². The molecule has 5 nitrogen and oxygen atoms in total. The molecule has 0 aromatic carbocycles. The van der Waals surface area contributed by atoms with Crippen LogP contribution in [0.15, 0.2) is 16.6 Å². The Morgan fingerprint density at radius 2 is 2.29 bits per heavy atom. The first-order chi connectivity index (χ1) is 10.3. The summed E-state index contributed by atoms with van der Waals surface area (Å²) in [6.45, 7) is 7.53. The summed E-state index contributed by atoms with van der Waals surface area (Å²) < 4.78 is 11.0. The molecule has 1 N–H and O–H groups in total. The molecule has 2 aliphatic heterocycles. The van der Waals surface area contributed by atoms with Gasteiger partial charge in [-0.3, -0.25) is 4.99 Å². The number of likely N-dealkylation sites (tertiary alicyclic amines) is 1. The van der Waals surface area contributed by atoms with Crippen molar-refractivity contribution in [1.29, 1.82) is 0 Å². The first-order valence-electron chi connectivity index (χ1n) is 8.16. The SMILES string of the molecule is CCOC1CCN(C(=NC)NCCC2=CCOCC2)CC1. The first-order valence-corrected chi connectivity index (χ1v) is 8.16. The normalized spacial score (nSPS) is 21.3. The Balaban J connectivity index is 1.70. The Kier molecular flexibility index (Phi) is 7.03. The number of piperidine rings is 1. The molecule has 0 aromatic rings. The van der Waals surface area contributed by atoms with Crippen molar-refractivity contribution < 1.29 is 9.47 Å². The fourth-order valence-electron chi connectivity index (χ4n) is 2.93. The molecule has 5 heteroatoms. The summed E-state index contributed by atoms with van der Waals surface area (Å²) >= 11 is 0. The predicted octanol–water partition coefficient (Wildman–Crippen LogP) is 1.80. The van der Waals surface area contributed by atoms with Crippen molar-refractivity contribution in [3.05, 3.63) is 11.6 Å². The van der Waals surface area contributed by atoms with Gasteiger partial charge >= 0.3 is 0 Å². The molecule has 2 rings (SSSR count). The smallest absolute Gasteiger partial charge is 0.193 e. The van der Waals surface area contributed by atoms with Crippen LogP contribution in [-0.2, 0) is 9.47 Å². The Morgan fingerprint density at radius 1 is 1.48 bits per heavy atom. The zero-order valence-corrected chi connectivity index (χ0v) is 13.4. The Morgan fingerprint density at radius 3 is 2.90 bits per heavy atom. The lowest BCUT2D eigenvalue weighted by molar-refractivity contribution is 0.0264. The fraction of sp³-hybridized carbons (Fsp3) is 0.812. The molecular weight excluding hydrogens is 266 g/mol. The lowest BCUT2D eigenvalue weighted by Crippen LogP contribution is -2.47. The van der Waals surface area contributed by atoms with Gasteiger partial charge in [-0.05, 0) is 32.6 Å². The highest BCUT2D eigenvalue weighted by Gasteiger charge is 2.21. The maximum Gasteiger partial charge on any atom is 0.193 e. The third-order valence-electron chi connectivity index (χ3n) is 4.14. The van der Waals surface area contributed by atoms with Crippen LogP contribution in [0.1, 0.15) is 32.6 Å². The van der Waals surface area contributed by atoms with Crippen molar-refractivity contribution in [2.75, 3.05) is 46.5 Å². The fourth-order valence-corrected chi connectivity index (χ4v) is 2.93. The van der Waals surface area contributed by atoms with Gasteiger partial charge in [-0.25, -0.2) is 0 Å². The number of guanidine groups is 1. The number of hydrogen-bond donors (Lipinski definition) is 1. The molecule has 0 saturated carbocycles. The molecule has 0 aliphatic carbocycles. The summed E-state index contributed by atoms with van der Waals surface area (Å²) in [5.41, 5.74) is 1.50. The molecule has 1 fully saturated rings. The van der Waals surface area contributed by atoms with Crippen molar-refractivity contribution >= 4 is 5.96 Å². The second kappa shape index (κ2) is 9.05. The molecule has 0 atom stereocenters. The average Bonchev–Trinajstić information content (AvgIpc) is 2.54. The minimum atomic E-state index is 0.428. The van der Waals surface area contributed by atoms with Crippen LogP contribution in [0.3, 0.4) is 0 Å². The van der Waals surface area contributed by atoms with Crippen LogP contribution in [0.4, 0.5) is 0 Å². The number of aliphatic imine (C=N–C) groups is 1. The lowest BCUT2D eigenvalue weighted by atomic mass is 10.1. The van der Waals surface area contributed by atoms with E-state index in [1.54, 1.807) is 0 Å². The second-order valence-corrected chi connectivity index (χ2v) is 5.55. The third-order valence-corrected chi connectivity index (χ3v) is 4.14. The Bertz CT molecular complexity index is 361. The van der Waals surface area contributed by atoms with E-state index in [9.17, 15) is 0 Å². The van der Waals surface area contributed by atoms with Gasteiger partial charge in [0, 0.05) is 33.3 Å². The van der Waals surface area contributed by atoms with Crippen LogP contribution < -0.4 is 5.32 Å². The topological polar surface area (TPSA) is 46.1 Å². The van der Waals surface area contributed by atoms with Gasteiger partial charge in [0.1, 0.15) is 0 Å². The van der Waals surface area contributed by atoms with E-state index in [1.165, 1.54) is 5.57 Å². The average molecular weight is 295 g/mol. The molecule has 21 heavy (non-hydrogen) atoms. The van der Waals surface area contributed by atoms with E-state index in [2.05, 4.69) is 28.2 Å². The molecule has 1 saturated heterocycles. The molecule has 0 spiro atoms. The van der Waals surface area contributed by atoms with Crippen LogP contribution in [0.5, 0.6) is 0 Å². The van der Waals surface area contributed by atoms with Gasteiger partial charge in [0.25, 0.3) is 0 Å². The van der Waals surface area contributed by atoms with Gasteiger partial charge in [0.15, 0.2) is 5.96 Å². The first kappa shape index (κ1) is 16.3. The summed E-state index contributed by atoms with van der Waals surface area (Å²) in [6, 6.07) is 0. The minimum absolute atomic E-state index is 0.428. The minimum Gasteiger partial charge on any atom is -0.378 e. The van der Waals surface area contributed by atoms with E-state index in [-0.39, 0.29) is 0 Å². The zero-order chi connectivity index (χ0) is 14.9. The number of nitrogens with zero attached hydrogens (tertiary/aromatic N) is 2. The van der Waals surface area contributed by atoms with Gasteiger partial charge in [0.2, 0.25) is 0 Å². The summed E-state index contributed by atoms with van der Waals surface area (Å²) in [7, 11) is 1.87. The standard InChI is InChI=1S/C16H29N3O2/c1-3-21-15-5-10-19(11-6-15)16(17-2)18-9-4-14-7-12-20-13-8-14/h7,15H,3-6,8-13H2,1-2H3,(H,17,18). The van der Waals surface area contributed by atoms with Crippen LogP contribution in [-0.4, -0.2) is 63.5 Å². The molecule has 120 valence electrons. The number of nitrogens with one attached hydrogen (secondary N) is 1. The van der Waals surface area contributed by atoms with Gasteiger partial charge in [-0.1, -0.05) is 11.6 Å². The maximum atomic E-state index is 5.70. The Hall–Kier alpha value is -1.07. The molecule has 0 amide bonds. The Labute approximate surface area is 128 Å². The van der Waals surface area contributed by atoms with Gasteiger partial charge in [-0.15, -0.1) is 0 Å². The van der Waals surface area contributed by atoms with Crippen molar-refractivity contribution in [3.63, 3.8) is 0 Å². The predicted molar refractivity (Wildman–Crippen MR) is 85.7 cm³/mol. The molecule has 2 heterocycles. The quantitative estimate of drug-likeness (QED) is 0.477. The summed E-state index contributed by atoms with van der Waals surface area (Å²) in [5.74, 6) is 1.03. The highest BCUT2D eigenvalue weighted by atomic mass is 16.5. The number of hydrogen-bond acceptors (Lipinski definition) is 3. The van der Waals surface area contributed by atoms with Crippen LogP contribution in [0.25, 0.3) is 0 Å². The molecule has 0 radical (unpaired) electrons. The molecule has 0 aromatic heterocycles. The van der Waals surface area contributed by atoms with Crippen molar-refractivity contribution in [2.45, 2.75) is 38.7 Å². The third kappa shape index (κ3) is 5.32. The van der Waals surface area contributed by atoms with E-state index < -0.39 is 0 Å². The van der Waals surface area contributed by atoms with Crippen LogP contribution in [0.2, 0.25) is 0 Å². The molecular formula is C16H29N3O2.